The van der Waals surface area contributed by atoms with Gasteiger partial charge in [-0.3, -0.25) is 14.4 Å². The van der Waals surface area contributed by atoms with E-state index in [2.05, 4.69) is 18.5 Å². The van der Waals surface area contributed by atoms with Crippen LogP contribution < -0.4 is 5.32 Å². The van der Waals surface area contributed by atoms with E-state index < -0.39 is 5.92 Å². The first-order valence-electron chi connectivity index (χ1n) is 14.6. The van der Waals surface area contributed by atoms with Crippen LogP contribution in [0, 0.1) is 11.8 Å². The molecular formula is C32H46N2O5. The zero-order valence-corrected chi connectivity index (χ0v) is 23.3. The lowest BCUT2D eigenvalue weighted by molar-refractivity contribution is -0.145. The number of nitrogens with one attached hydrogen (secondary N) is 1. The van der Waals surface area contributed by atoms with Crippen molar-refractivity contribution in [3.8, 4) is 0 Å². The summed E-state index contributed by atoms with van der Waals surface area (Å²) in [6.07, 6.45) is 12.8. The quantitative estimate of drug-likeness (QED) is 0.189. The number of nitrogens with zero attached hydrogens (tertiary/aromatic N) is 1. The molecule has 0 aromatic heterocycles. The van der Waals surface area contributed by atoms with Crippen molar-refractivity contribution in [2.45, 2.75) is 95.7 Å². The molecule has 3 rings (SSSR count). The van der Waals surface area contributed by atoms with Crippen molar-refractivity contribution in [3.63, 3.8) is 0 Å². The van der Waals surface area contributed by atoms with E-state index in [1.807, 2.05) is 24.3 Å². The molecule has 214 valence electrons. The van der Waals surface area contributed by atoms with Crippen molar-refractivity contribution in [2.75, 3.05) is 13.2 Å². The molecule has 0 saturated heterocycles. The van der Waals surface area contributed by atoms with Gasteiger partial charge in [-0.2, -0.15) is 0 Å². The Balaban J connectivity index is 1.64. The van der Waals surface area contributed by atoms with Crippen molar-refractivity contribution in [3.05, 3.63) is 60.7 Å². The number of aliphatic hydroxyl groups excluding tert-OH is 1. The smallest absolute Gasteiger partial charge is 0.305 e. The van der Waals surface area contributed by atoms with Crippen LogP contribution >= 0.6 is 0 Å². The maximum absolute atomic E-state index is 13.5. The molecule has 39 heavy (non-hydrogen) atoms. The van der Waals surface area contributed by atoms with Gasteiger partial charge in [0.1, 0.15) is 6.61 Å². The van der Waals surface area contributed by atoms with Crippen LogP contribution in [0.1, 0.15) is 81.8 Å². The molecule has 1 saturated carbocycles. The highest BCUT2D eigenvalue weighted by molar-refractivity contribution is 5.86. The fourth-order valence-electron chi connectivity index (χ4n) is 5.82. The lowest BCUT2D eigenvalue weighted by Crippen LogP contribution is -2.48. The average Bonchev–Trinajstić information content (AvgIpc) is 2.95. The molecule has 7 heteroatoms. The zero-order valence-electron chi connectivity index (χ0n) is 23.3. The molecule has 0 unspecified atom stereocenters. The summed E-state index contributed by atoms with van der Waals surface area (Å²) in [7, 11) is 0. The minimum Gasteiger partial charge on any atom is -0.463 e. The molecule has 2 aliphatic rings. The average molecular weight is 539 g/mol. The first kappa shape index (κ1) is 30.6. The third-order valence-electron chi connectivity index (χ3n) is 8.05. The number of hydrogen-bond acceptors (Lipinski definition) is 5. The highest BCUT2D eigenvalue weighted by atomic mass is 16.5. The van der Waals surface area contributed by atoms with Crippen molar-refractivity contribution in [2.24, 2.45) is 11.8 Å². The second-order valence-electron chi connectivity index (χ2n) is 11.1. The number of esters is 1. The second kappa shape index (κ2) is 16.2. The van der Waals surface area contributed by atoms with Gasteiger partial charge in [-0.05, 0) is 49.1 Å². The van der Waals surface area contributed by atoms with Gasteiger partial charge in [0.25, 0.3) is 0 Å². The number of carbonyl (C=O) groups is 3. The highest BCUT2D eigenvalue weighted by Crippen LogP contribution is 2.28. The maximum atomic E-state index is 13.5. The van der Waals surface area contributed by atoms with Gasteiger partial charge >= 0.3 is 5.97 Å². The molecule has 0 bridgehead atoms. The number of benzene rings is 1. The van der Waals surface area contributed by atoms with Crippen LogP contribution in [0.4, 0.5) is 0 Å². The van der Waals surface area contributed by atoms with Gasteiger partial charge in [0.15, 0.2) is 0 Å². The monoisotopic (exact) mass is 538 g/mol. The highest BCUT2D eigenvalue weighted by Gasteiger charge is 2.32. The van der Waals surface area contributed by atoms with Crippen molar-refractivity contribution in [1.29, 1.82) is 0 Å². The van der Waals surface area contributed by atoms with Crippen LogP contribution in [-0.4, -0.2) is 53.1 Å². The standard InChI is InChI=1S/C32H46N2O5/c1-3-5-7-17-31(37)39-23-28(18-24-13-8-6-9-14-24)33-32(38)26(12-4-2)20-30(36)34-21-27-16-11-10-15-25(27)19-29(34)22-35/h3-4,10-11,15-16,24,26,28-29,35H,1-2,5-9,12-14,17-23H2,(H,33,38)/t26-,28+,29+/m1/s1. The Morgan fingerprint density at radius 2 is 1.85 bits per heavy atom. The van der Waals surface area contributed by atoms with Gasteiger partial charge < -0.3 is 20.1 Å². The van der Waals surface area contributed by atoms with Crippen LogP contribution in [0.15, 0.2) is 49.6 Å². The summed E-state index contributed by atoms with van der Waals surface area (Å²) in [6, 6.07) is 7.36. The Kier molecular flexibility index (Phi) is 12.7. The SMILES string of the molecule is C=CCCCC(=O)OC[C@H](CC1CCCCC1)NC(=O)[C@H](CC=C)CC(=O)N1Cc2ccccc2C[C@H]1CO. The Morgan fingerprint density at radius 1 is 1.10 bits per heavy atom. The molecule has 2 N–H and O–H groups in total. The fraction of sp³-hybridized carbons (Fsp3) is 0.594. The molecule has 1 fully saturated rings. The maximum Gasteiger partial charge on any atom is 0.305 e. The van der Waals surface area contributed by atoms with Crippen molar-refractivity contribution < 1.29 is 24.2 Å². The lowest BCUT2D eigenvalue weighted by atomic mass is 9.84. The number of carbonyl (C=O) groups excluding carboxylic acids is 3. The zero-order chi connectivity index (χ0) is 28.0. The van der Waals surface area contributed by atoms with E-state index in [4.69, 9.17) is 4.74 Å². The molecule has 1 aromatic carbocycles. The largest absolute Gasteiger partial charge is 0.463 e. The molecule has 1 heterocycles. The third-order valence-corrected chi connectivity index (χ3v) is 8.05. The fourth-order valence-corrected chi connectivity index (χ4v) is 5.82. The molecule has 0 radical (unpaired) electrons. The van der Waals surface area contributed by atoms with E-state index in [-0.39, 0.29) is 49.5 Å². The number of fused-ring (bicyclic) bond motifs is 1. The summed E-state index contributed by atoms with van der Waals surface area (Å²) in [5.74, 6) is -0.726. The van der Waals surface area contributed by atoms with E-state index in [9.17, 15) is 19.5 Å². The first-order valence-corrected chi connectivity index (χ1v) is 14.6. The van der Waals surface area contributed by atoms with Crippen molar-refractivity contribution in [1.82, 2.24) is 10.2 Å². The second-order valence-corrected chi connectivity index (χ2v) is 11.1. The summed E-state index contributed by atoms with van der Waals surface area (Å²) in [4.78, 5) is 40.9. The predicted octanol–water partition coefficient (Wildman–Crippen LogP) is 4.87. The number of rotatable bonds is 15. The minimum atomic E-state index is -0.580. The first-order chi connectivity index (χ1) is 18.9. The van der Waals surface area contributed by atoms with E-state index in [0.717, 1.165) is 36.8 Å². The van der Waals surface area contributed by atoms with E-state index >= 15 is 0 Å². The van der Waals surface area contributed by atoms with Gasteiger partial charge in [0, 0.05) is 19.4 Å². The number of allylic oxidation sites excluding steroid dienone is 2. The number of unbranched alkanes of at least 4 members (excludes halogenated alkanes) is 1. The predicted molar refractivity (Wildman–Crippen MR) is 153 cm³/mol. The van der Waals surface area contributed by atoms with Crippen LogP contribution in [0.25, 0.3) is 0 Å². The van der Waals surface area contributed by atoms with Gasteiger partial charge in [0.05, 0.1) is 24.6 Å². The number of amides is 2. The van der Waals surface area contributed by atoms with E-state index in [0.29, 0.717) is 38.1 Å². The van der Waals surface area contributed by atoms with Crippen LogP contribution in [0.3, 0.4) is 0 Å². The topological polar surface area (TPSA) is 95.9 Å². The molecule has 0 spiro atoms. The Bertz CT molecular complexity index is 971. The van der Waals surface area contributed by atoms with Crippen LogP contribution in [0.2, 0.25) is 0 Å². The minimum absolute atomic E-state index is 0.0357. The molecule has 7 nitrogen and oxygen atoms in total. The summed E-state index contributed by atoms with van der Waals surface area (Å²) in [6.45, 7) is 7.93. The lowest BCUT2D eigenvalue weighted by Gasteiger charge is -2.36. The Morgan fingerprint density at radius 3 is 2.54 bits per heavy atom. The van der Waals surface area contributed by atoms with Crippen LogP contribution in [0.5, 0.6) is 0 Å². The third kappa shape index (κ3) is 9.64. The Hall–Kier alpha value is -2.93. The number of ether oxygens (including phenoxy) is 1. The summed E-state index contributed by atoms with van der Waals surface area (Å²) in [5, 5.41) is 13.1. The van der Waals surface area contributed by atoms with E-state index in [1.54, 1.807) is 17.1 Å². The molecule has 2 amide bonds. The van der Waals surface area contributed by atoms with Gasteiger partial charge in [-0.15, -0.1) is 13.2 Å². The van der Waals surface area contributed by atoms with Gasteiger partial charge in [-0.1, -0.05) is 68.5 Å². The Labute approximate surface area is 233 Å². The van der Waals surface area contributed by atoms with Gasteiger partial charge in [-0.25, -0.2) is 0 Å². The summed E-state index contributed by atoms with van der Waals surface area (Å²) in [5.41, 5.74) is 2.22. The normalized spacial score (nSPS) is 18.9. The van der Waals surface area contributed by atoms with E-state index in [1.165, 1.54) is 19.3 Å². The molecule has 1 aromatic rings. The summed E-state index contributed by atoms with van der Waals surface area (Å²) < 4.78 is 5.56. The van der Waals surface area contributed by atoms with Crippen molar-refractivity contribution >= 4 is 17.8 Å². The molecule has 3 atom stereocenters. The molecule has 1 aliphatic carbocycles. The molecule has 1 aliphatic heterocycles. The van der Waals surface area contributed by atoms with Gasteiger partial charge in [0.2, 0.25) is 11.8 Å². The molecular weight excluding hydrogens is 492 g/mol. The van der Waals surface area contributed by atoms with Crippen LogP contribution in [-0.2, 0) is 32.1 Å². The summed E-state index contributed by atoms with van der Waals surface area (Å²) >= 11 is 0. The number of hydrogen-bond donors (Lipinski definition) is 2. The number of aliphatic hydroxyl groups is 1.